The Kier molecular flexibility index (Phi) is 1.67. The van der Waals surface area contributed by atoms with E-state index < -0.39 is 5.91 Å². The molecule has 0 aliphatic heterocycles. The highest BCUT2D eigenvalue weighted by Crippen LogP contribution is 2.16. The van der Waals surface area contributed by atoms with Crippen molar-refractivity contribution in [3.05, 3.63) is 42.2 Å². The minimum absolute atomic E-state index is 0.159. The van der Waals surface area contributed by atoms with Gasteiger partial charge in [-0.2, -0.15) is 0 Å². The van der Waals surface area contributed by atoms with Crippen molar-refractivity contribution in [2.24, 2.45) is 5.73 Å². The lowest BCUT2D eigenvalue weighted by molar-refractivity contribution is 0.0990. The largest absolute Gasteiger partial charge is 0.363 e. The van der Waals surface area contributed by atoms with Crippen molar-refractivity contribution >= 4 is 22.5 Å². The third-order valence-electron chi connectivity index (χ3n) is 2.50. The molecule has 0 unspecified atom stereocenters. The summed E-state index contributed by atoms with van der Waals surface area (Å²) in [5.41, 5.74) is 6.74. The highest BCUT2D eigenvalue weighted by molar-refractivity contribution is 5.93. The lowest BCUT2D eigenvalue weighted by Gasteiger charge is -2.01. The van der Waals surface area contributed by atoms with Crippen LogP contribution in [0, 0.1) is 0 Å². The quantitative estimate of drug-likeness (QED) is 0.653. The molecule has 2 aromatic heterocycles. The number of nitrogens with zero attached hydrogens (tertiary/aromatic N) is 3. The van der Waals surface area contributed by atoms with Crippen LogP contribution in [0.3, 0.4) is 0 Å². The summed E-state index contributed by atoms with van der Waals surface area (Å²) in [6.07, 6.45) is 0. The summed E-state index contributed by atoms with van der Waals surface area (Å²) in [7, 11) is 0. The molecule has 3 aromatic rings. The first kappa shape index (κ1) is 8.84. The van der Waals surface area contributed by atoms with Gasteiger partial charge in [0, 0.05) is 0 Å². The van der Waals surface area contributed by atoms with Crippen LogP contribution in [0.5, 0.6) is 0 Å². The van der Waals surface area contributed by atoms with Crippen molar-refractivity contribution in [2.45, 2.75) is 0 Å². The van der Waals surface area contributed by atoms with Gasteiger partial charge in [0.05, 0.1) is 5.52 Å². The predicted octanol–water partition coefficient (Wildman–Crippen LogP) is 0.981. The summed E-state index contributed by atoms with van der Waals surface area (Å²) in [4.78, 5) is 11.2. The van der Waals surface area contributed by atoms with Crippen LogP contribution < -0.4 is 5.73 Å². The summed E-state index contributed by atoms with van der Waals surface area (Å²) in [6.45, 7) is 0. The van der Waals surface area contributed by atoms with Crippen LogP contribution in [0.25, 0.3) is 16.6 Å². The fourth-order valence-electron chi connectivity index (χ4n) is 1.80. The van der Waals surface area contributed by atoms with Crippen molar-refractivity contribution in [1.82, 2.24) is 14.6 Å². The van der Waals surface area contributed by atoms with Crippen molar-refractivity contribution in [3.8, 4) is 0 Å². The number of benzene rings is 1. The highest BCUT2D eigenvalue weighted by Gasteiger charge is 2.12. The molecule has 0 fully saturated rings. The number of primary amides is 1. The molecule has 0 radical (unpaired) electrons. The van der Waals surface area contributed by atoms with Crippen LogP contribution in [0.4, 0.5) is 0 Å². The van der Waals surface area contributed by atoms with Crippen molar-refractivity contribution in [3.63, 3.8) is 0 Å². The zero-order chi connectivity index (χ0) is 11.1. The van der Waals surface area contributed by atoms with Crippen LogP contribution in [0.1, 0.15) is 10.6 Å². The predicted molar refractivity (Wildman–Crippen MR) is 59.0 cm³/mol. The second-order valence-electron chi connectivity index (χ2n) is 3.47. The van der Waals surface area contributed by atoms with Gasteiger partial charge in [-0.1, -0.05) is 18.2 Å². The molecule has 0 aliphatic carbocycles. The molecule has 5 heteroatoms. The molecule has 1 amide bonds. The number of amides is 1. The topological polar surface area (TPSA) is 73.3 Å². The Morgan fingerprint density at radius 3 is 2.75 bits per heavy atom. The van der Waals surface area contributed by atoms with Gasteiger partial charge in [0.2, 0.25) is 5.82 Å². The van der Waals surface area contributed by atoms with E-state index in [1.807, 2.05) is 36.4 Å². The zero-order valence-electron chi connectivity index (χ0n) is 8.29. The Bertz CT molecular complexity index is 701. The second-order valence-corrected chi connectivity index (χ2v) is 3.47. The van der Waals surface area contributed by atoms with E-state index in [2.05, 4.69) is 10.2 Å². The van der Waals surface area contributed by atoms with Crippen molar-refractivity contribution in [2.75, 3.05) is 0 Å². The number of hydrogen-bond acceptors (Lipinski definition) is 3. The number of pyridine rings is 1. The minimum Gasteiger partial charge on any atom is -0.363 e. The van der Waals surface area contributed by atoms with Crippen molar-refractivity contribution in [1.29, 1.82) is 0 Å². The van der Waals surface area contributed by atoms with Gasteiger partial charge in [0.15, 0.2) is 5.65 Å². The van der Waals surface area contributed by atoms with Crippen LogP contribution in [-0.4, -0.2) is 20.5 Å². The third-order valence-corrected chi connectivity index (χ3v) is 2.50. The molecule has 0 spiro atoms. The highest BCUT2D eigenvalue weighted by atomic mass is 16.1. The van der Waals surface area contributed by atoms with Crippen LogP contribution >= 0.6 is 0 Å². The number of aromatic nitrogens is 3. The molecule has 2 N–H and O–H groups in total. The summed E-state index contributed by atoms with van der Waals surface area (Å²) in [5.74, 6) is -0.421. The summed E-state index contributed by atoms with van der Waals surface area (Å²) >= 11 is 0. The van der Waals surface area contributed by atoms with Gasteiger partial charge in [-0.05, 0) is 23.6 Å². The molecule has 78 valence electrons. The maximum absolute atomic E-state index is 11.2. The number of nitrogens with two attached hydrogens (primary N) is 1. The monoisotopic (exact) mass is 212 g/mol. The molecular weight excluding hydrogens is 204 g/mol. The molecule has 0 saturated heterocycles. The molecule has 3 rings (SSSR count). The van der Waals surface area contributed by atoms with E-state index in [4.69, 9.17) is 5.73 Å². The number of fused-ring (bicyclic) bond motifs is 3. The van der Waals surface area contributed by atoms with Crippen LogP contribution in [0.2, 0.25) is 0 Å². The first-order valence-corrected chi connectivity index (χ1v) is 4.80. The Morgan fingerprint density at radius 2 is 1.94 bits per heavy atom. The average molecular weight is 212 g/mol. The van der Waals surface area contributed by atoms with E-state index >= 15 is 0 Å². The van der Waals surface area contributed by atoms with E-state index in [1.165, 1.54) is 0 Å². The second kappa shape index (κ2) is 3.03. The van der Waals surface area contributed by atoms with Gasteiger partial charge < -0.3 is 5.73 Å². The molecule has 0 atom stereocenters. The van der Waals surface area contributed by atoms with Crippen LogP contribution in [0.15, 0.2) is 36.4 Å². The Hall–Kier alpha value is -2.43. The maximum Gasteiger partial charge on any atom is 0.287 e. The lowest BCUT2D eigenvalue weighted by Crippen LogP contribution is -2.15. The number of para-hydroxylation sites is 1. The summed E-state index contributed by atoms with van der Waals surface area (Å²) < 4.78 is 1.66. The molecule has 0 saturated carbocycles. The molecule has 0 bridgehead atoms. The van der Waals surface area contributed by atoms with E-state index in [9.17, 15) is 4.79 Å². The summed E-state index contributed by atoms with van der Waals surface area (Å²) in [5, 5.41) is 8.70. The molecule has 5 nitrogen and oxygen atoms in total. The number of hydrogen-bond donors (Lipinski definition) is 1. The molecular formula is C11H8N4O. The third kappa shape index (κ3) is 1.08. The standard InChI is InChI=1S/C11H8N4O/c12-10(16)11-14-13-9-6-5-7-3-1-2-4-8(7)15(9)11/h1-6H,(H2,12,16). The van der Waals surface area contributed by atoms with Gasteiger partial charge in [-0.15, -0.1) is 10.2 Å². The smallest absolute Gasteiger partial charge is 0.287 e. The molecule has 1 aromatic carbocycles. The van der Waals surface area contributed by atoms with E-state index in [1.54, 1.807) is 4.40 Å². The Labute approximate surface area is 90.5 Å². The Balaban J connectivity index is 2.56. The number of carbonyl (C=O) groups is 1. The molecule has 0 aliphatic rings. The Morgan fingerprint density at radius 1 is 1.12 bits per heavy atom. The van der Waals surface area contributed by atoms with Gasteiger partial charge in [-0.3, -0.25) is 9.20 Å². The summed E-state index contributed by atoms with van der Waals surface area (Å²) in [6, 6.07) is 11.4. The fourth-order valence-corrected chi connectivity index (χ4v) is 1.80. The van der Waals surface area contributed by atoms with Crippen LogP contribution in [-0.2, 0) is 0 Å². The lowest BCUT2D eigenvalue weighted by atomic mass is 10.2. The van der Waals surface area contributed by atoms with Crippen molar-refractivity contribution < 1.29 is 4.79 Å². The molecule has 16 heavy (non-hydrogen) atoms. The maximum atomic E-state index is 11.2. The van der Waals surface area contributed by atoms with E-state index in [0.29, 0.717) is 5.65 Å². The first-order chi connectivity index (χ1) is 7.77. The fraction of sp³-hybridized carbons (Fsp3) is 0. The normalized spacial score (nSPS) is 11.0. The number of rotatable bonds is 1. The van der Waals surface area contributed by atoms with Gasteiger partial charge in [0.25, 0.3) is 5.91 Å². The minimum atomic E-state index is -0.580. The zero-order valence-corrected chi connectivity index (χ0v) is 8.29. The first-order valence-electron chi connectivity index (χ1n) is 4.80. The van der Waals surface area contributed by atoms with Gasteiger partial charge in [0.1, 0.15) is 0 Å². The van der Waals surface area contributed by atoms with Gasteiger partial charge in [-0.25, -0.2) is 0 Å². The van der Waals surface area contributed by atoms with Gasteiger partial charge >= 0.3 is 0 Å². The van der Waals surface area contributed by atoms with E-state index in [-0.39, 0.29) is 5.82 Å². The average Bonchev–Trinajstić information content (AvgIpc) is 2.73. The van der Waals surface area contributed by atoms with E-state index in [0.717, 1.165) is 10.9 Å². The number of carbonyl (C=O) groups excluding carboxylic acids is 1. The molecule has 2 heterocycles. The SMILES string of the molecule is NC(=O)c1nnc2ccc3ccccc3n12.